The first-order chi connectivity index (χ1) is 42.8. The van der Waals surface area contributed by atoms with Crippen molar-refractivity contribution in [1.82, 2.24) is 0 Å². The van der Waals surface area contributed by atoms with Crippen molar-refractivity contribution in [3.05, 3.63) is 72.9 Å². The second-order valence-electron chi connectivity index (χ2n) is 25.1. The number of phosphoric acid groups is 1. The highest BCUT2D eigenvalue weighted by atomic mass is 31.2. The molecule has 87 heavy (non-hydrogen) atoms. The molecule has 508 valence electrons. The normalized spacial score (nSPS) is 13.3. The number of phosphoric ester groups is 1. The highest BCUT2D eigenvalue weighted by Crippen LogP contribution is 2.43. The van der Waals surface area contributed by atoms with E-state index in [4.69, 9.17) is 24.3 Å². The van der Waals surface area contributed by atoms with Gasteiger partial charge in [0.25, 0.3) is 0 Å². The molecule has 0 spiro atoms. The number of nitrogens with two attached hydrogens (primary N) is 1. The van der Waals surface area contributed by atoms with Crippen LogP contribution in [0.3, 0.4) is 0 Å². The van der Waals surface area contributed by atoms with Crippen LogP contribution in [0.2, 0.25) is 0 Å². The monoisotopic (exact) mass is 1240 g/mol. The van der Waals surface area contributed by atoms with Gasteiger partial charge in [-0.3, -0.25) is 18.6 Å². The van der Waals surface area contributed by atoms with Gasteiger partial charge >= 0.3 is 19.8 Å². The quantitative estimate of drug-likeness (QED) is 0.0264. The summed E-state index contributed by atoms with van der Waals surface area (Å²) in [4.78, 5) is 35.4. The molecular formula is C77H142NO8P. The van der Waals surface area contributed by atoms with E-state index in [2.05, 4.69) is 86.8 Å². The van der Waals surface area contributed by atoms with Gasteiger partial charge in [-0.2, -0.15) is 0 Å². The Bertz CT molecular complexity index is 1660. The van der Waals surface area contributed by atoms with Crippen molar-refractivity contribution in [2.45, 2.75) is 380 Å². The number of unbranched alkanes of at least 4 members (excludes halogenated alkanes) is 46. The molecule has 0 aliphatic rings. The Kier molecular flexibility index (Phi) is 70.4. The zero-order valence-electron chi connectivity index (χ0n) is 57.3. The maximum atomic E-state index is 12.8. The van der Waals surface area contributed by atoms with Gasteiger partial charge in [-0.05, 0) is 83.5 Å². The number of esters is 2. The van der Waals surface area contributed by atoms with Crippen LogP contribution >= 0.6 is 7.82 Å². The van der Waals surface area contributed by atoms with Crippen molar-refractivity contribution < 1.29 is 37.6 Å². The molecule has 9 nitrogen and oxygen atoms in total. The molecule has 0 saturated carbocycles. The van der Waals surface area contributed by atoms with Crippen molar-refractivity contribution in [1.29, 1.82) is 0 Å². The summed E-state index contributed by atoms with van der Waals surface area (Å²) in [7, 11) is -4.39. The predicted octanol–water partition coefficient (Wildman–Crippen LogP) is 24.8. The molecule has 0 rings (SSSR count). The highest BCUT2D eigenvalue weighted by molar-refractivity contribution is 7.47. The Morgan fingerprint density at radius 3 is 0.954 bits per heavy atom. The van der Waals surface area contributed by atoms with Crippen LogP contribution in [0, 0.1) is 0 Å². The van der Waals surface area contributed by atoms with Gasteiger partial charge in [0.2, 0.25) is 0 Å². The third kappa shape index (κ3) is 72.4. The van der Waals surface area contributed by atoms with Crippen LogP contribution in [0.4, 0.5) is 0 Å². The van der Waals surface area contributed by atoms with Crippen LogP contribution in [0.1, 0.15) is 373 Å². The smallest absolute Gasteiger partial charge is 0.462 e. The molecule has 0 bridgehead atoms. The molecule has 10 heteroatoms. The minimum Gasteiger partial charge on any atom is -0.462 e. The maximum Gasteiger partial charge on any atom is 0.472 e. The molecule has 3 N–H and O–H groups in total. The van der Waals surface area contributed by atoms with Crippen LogP contribution < -0.4 is 5.73 Å². The standard InChI is InChI=1S/C77H142NO8P/c1-3-5-7-9-11-13-15-17-19-21-23-25-27-29-31-33-35-36-37-38-40-42-44-46-48-50-52-54-56-58-60-62-64-66-68-70-77(80)86-75(74-85-87(81,82)84-72-71-78)73-83-76(79)69-67-65-63-61-59-57-55-53-51-49-47-45-43-41-39-34-32-30-28-26-24-22-20-18-16-14-12-10-8-6-4-2/h5,7,11,13,17,19,22-25,29,31,75H,3-4,6,8-10,12,14-16,18,20-21,26-28,30,32-74,78H2,1-2H3,(H,81,82)/b7-5-,13-11-,19-17-,24-22-,25-23-,31-29-. The first-order valence-corrected chi connectivity index (χ1v) is 38.9. The zero-order valence-corrected chi connectivity index (χ0v) is 58.2. The van der Waals surface area contributed by atoms with Gasteiger partial charge in [-0.25, -0.2) is 4.57 Å². The molecule has 2 atom stereocenters. The third-order valence-corrected chi connectivity index (χ3v) is 17.6. The number of ether oxygens (including phenoxy) is 2. The topological polar surface area (TPSA) is 134 Å². The largest absolute Gasteiger partial charge is 0.472 e. The van der Waals surface area contributed by atoms with Gasteiger partial charge in [-0.1, -0.05) is 350 Å². The van der Waals surface area contributed by atoms with E-state index in [9.17, 15) is 19.0 Å². The van der Waals surface area contributed by atoms with Gasteiger partial charge in [0.15, 0.2) is 6.10 Å². The van der Waals surface area contributed by atoms with Gasteiger partial charge < -0.3 is 20.1 Å². The average Bonchev–Trinajstić information content (AvgIpc) is 3.64. The molecule has 0 aromatic heterocycles. The summed E-state index contributed by atoms with van der Waals surface area (Å²) in [6, 6.07) is 0. The molecule has 2 unspecified atom stereocenters. The highest BCUT2D eigenvalue weighted by Gasteiger charge is 2.26. The number of hydrogen-bond acceptors (Lipinski definition) is 8. The van der Waals surface area contributed by atoms with Crippen molar-refractivity contribution in [2.75, 3.05) is 26.4 Å². The zero-order chi connectivity index (χ0) is 63.0. The van der Waals surface area contributed by atoms with Crippen LogP contribution in [-0.4, -0.2) is 49.3 Å². The fourth-order valence-corrected chi connectivity index (χ4v) is 11.8. The molecule has 0 aromatic carbocycles. The lowest BCUT2D eigenvalue weighted by Crippen LogP contribution is -2.29. The predicted molar refractivity (Wildman–Crippen MR) is 376 cm³/mol. The van der Waals surface area contributed by atoms with Crippen LogP contribution in [0.15, 0.2) is 72.9 Å². The third-order valence-electron chi connectivity index (χ3n) is 16.6. The fraction of sp³-hybridized carbons (Fsp3) is 0.818. The Morgan fingerprint density at radius 2 is 0.632 bits per heavy atom. The second kappa shape index (κ2) is 72.5. The number of carbonyl (C=O) groups excluding carboxylic acids is 2. The van der Waals surface area contributed by atoms with E-state index in [0.29, 0.717) is 6.42 Å². The maximum absolute atomic E-state index is 12.8. The SMILES string of the molecule is CC/C=C\C/C=C\C/C=C\C/C=C\C/C=C\CCCCCCCCCCCCCCCCCCCCCC(=O)OC(COC(=O)CCCCCCCCCCCCCCCCCCCCC/C=C\CCCCCCCCCC)COP(=O)(O)OCCN. The van der Waals surface area contributed by atoms with Crippen LogP contribution in [-0.2, 0) is 32.7 Å². The van der Waals surface area contributed by atoms with E-state index < -0.39 is 26.5 Å². The van der Waals surface area contributed by atoms with E-state index in [1.54, 1.807) is 0 Å². The summed E-state index contributed by atoms with van der Waals surface area (Å²) in [6.45, 7) is 3.69. The van der Waals surface area contributed by atoms with Crippen molar-refractivity contribution in [2.24, 2.45) is 5.73 Å². The lowest BCUT2D eigenvalue weighted by atomic mass is 10.0. The molecular weight excluding hydrogens is 1100 g/mol. The Labute approximate surface area is 539 Å². The lowest BCUT2D eigenvalue weighted by molar-refractivity contribution is -0.161. The minimum absolute atomic E-state index is 0.0543. The second-order valence-corrected chi connectivity index (χ2v) is 26.6. The van der Waals surface area contributed by atoms with E-state index in [1.165, 1.54) is 276 Å². The van der Waals surface area contributed by atoms with Gasteiger partial charge in [0.1, 0.15) is 6.61 Å². The van der Waals surface area contributed by atoms with Crippen molar-refractivity contribution in [3.63, 3.8) is 0 Å². The first kappa shape index (κ1) is 84.5. The number of rotatable bonds is 71. The van der Waals surface area contributed by atoms with E-state index >= 15 is 0 Å². The summed E-state index contributed by atoms with van der Waals surface area (Å²) in [5.41, 5.74) is 5.41. The Hall–Kier alpha value is -2.55. The summed E-state index contributed by atoms with van der Waals surface area (Å²) >= 11 is 0. The molecule has 0 heterocycles. The first-order valence-electron chi connectivity index (χ1n) is 37.4. The molecule has 0 aliphatic heterocycles. The van der Waals surface area contributed by atoms with Gasteiger partial charge in [-0.15, -0.1) is 0 Å². The minimum atomic E-state index is -4.39. The summed E-state index contributed by atoms with van der Waals surface area (Å²) < 4.78 is 33.2. The van der Waals surface area contributed by atoms with Crippen molar-refractivity contribution >= 4 is 19.8 Å². The van der Waals surface area contributed by atoms with Crippen LogP contribution in [0.25, 0.3) is 0 Å². The summed E-state index contributed by atoms with van der Waals surface area (Å²) in [5.74, 6) is -0.808. The molecule has 0 saturated heterocycles. The average molecular weight is 1240 g/mol. The Morgan fingerprint density at radius 1 is 0.356 bits per heavy atom. The molecule has 0 aliphatic carbocycles. The van der Waals surface area contributed by atoms with Crippen LogP contribution in [0.5, 0.6) is 0 Å². The molecule has 0 amide bonds. The van der Waals surface area contributed by atoms with E-state index in [1.807, 2.05) is 0 Å². The number of allylic oxidation sites excluding steroid dienone is 12. The van der Waals surface area contributed by atoms with E-state index in [0.717, 1.165) is 64.2 Å². The number of carbonyl (C=O) groups is 2. The van der Waals surface area contributed by atoms with Gasteiger partial charge in [0, 0.05) is 19.4 Å². The lowest BCUT2D eigenvalue weighted by Gasteiger charge is -2.19. The molecule has 0 fully saturated rings. The summed E-state index contributed by atoms with van der Waals surface area (Å²) in [6.07, 6.45) is 95.9. The molecule has 0 radical (unpaired) electrons. The van der Waals surface area contributed by atoms with E-state index in [-0.39, 0.29) is 38.6 Å². The van der Waals surface area contributed by atoms with Crippen molar-refractivity contribution in [3.8, 4) is 0 Å². The van der Waals surface area contributed by atoms with Gasteiger partial charge in [0.05, 0.1) is 13.2 Å². The number of hydrogen-bond donors (Lipinski definition) is 2. The summed E-state index contributed by atoms with van der Waals surface area (Å²) in [5, 5.41) is 0. The molecule has 0 aromatic rings. The fourth-order valence-electron chi connectivity index (χ4n) is 11.1. The Balaban J connectivity index is 3.81.